The Bertz CT molecular complexity index is 1300. The van der Waals surface area contributed by atoms with Gasteiger partial charge in [-0.3, -0.25) is 14.5 Å². The lowest BCUT2D eigenvalue weighted by atomic mass is 9.84. The summed E-state index contributed by atoms with van der Waals surface area (Å²) in [5.74, 6) is 0.353. The van der Waals surface area contributed by atoms with E-state index in [4.69, 9.17) is 0 Å². The van der Waals surface area contributed by atoms with E-state index < -0.39 is 0 Å². The van der Waals surface area contributed by atoms with Crippen LogP contribution in [0.1, 0.15) is 76.2 Å². The molecular formula is C32H39N3O2. The topological polar surface area (TPSA) is 45.6 Å². The minimum absolute atomic E-state index is 0.0323. The molecule has 2 aliphatic rings. The van der Waals surface area contributed by atoms with Gasteiger partial charge in [-0.15, -0.1) is 0 Å². The van der Waals surface area contributed by atoms with Crippen LogP contribution < -0.4 is 4.90 Å². The van der Waals surface area contributed by atoms with E-state index in [1.54, 1.807) is 0 Å². The van der Waals surface area contributed by atoms with Crippen molar-refractivity contribution in [1.82, 2.24) is 9.47 Å². The van der Waals surface area contributed by atoms with E-state index in [2.05, 4.69) is 81.8 Å². The molecule has 2 unspecified atom stereocenters. The molecule has 0 bridgehead atoms. The average molecular weight is 498 g/mol. The van der Waals surface area contributed by atoms with Gasteiger partial charge in [0.25, 0.3) is 0 Å². The Morgan fingerprint density at radius 1 is 1.00 bits per heavy atom. The Morgan fingerprint density at radius 3 is 2.41 bits per heavy atom. The Labute approximate surface area is 221 Å². The molecule has 1 saturated carbocycles. The first-order valence-corrected chi connectivity index (χ1v) is 13.6. The first kappa shape index (κ1) is 25.3. The molecule has 2 atom stereocenters. The summed E-state index contributed by atoms with van der Waals surface area (Å²) < 4.78 is 2.18. The van der Waals surface area contributed by atoms with Crippen LogP contribution in [0.25, 0.3) is 5.69 Å². The number of benzene rings is 2. The highest BCUT2D eigenvalue weighted by atomic mass is 16.2. The van der Waals surface area contributed by atoms with E-state index in [0.29, 0.717) is 6.42 Å². The van der Waals surface area contributed by atoms with Crippen molar-refractivity contribution in [2.45, 2.75) is 72.4 Å². The predicted molar refractivity (Wildman–Crippen MR) is 149 cm³/mol. The summed E-state index contributed by atoms with van der Waals surface area (Å²) in [6.45, 7) is 11.0. The molecule has 5 heteroatoms. The van der Waals surface area contributed by atoms with Crippen LogP contribution in [0, 0.1) is 18.3 Å². The SMILES string of the molecule is Cc1cccc(C2c3cccn3-c3ccccc3N2C(=O)CN(C(=O)CC(C)CC(C)(C)C)C2CC2)c1. The summed E-state index contributed by atoms with van der Waals surface area (Å²) in [5.41, 5.74) is 5.33. The first-order valence-electron chi connectivity index (χ1n) is 13.6. The largest absolute Gasteiger partial charge is 0.330 e. The molecule has 2 heterocycles. The van der Waals surface area contributed by atoms with Crippen LogP contribution in [0.4, 0.5) is 5.69 Å². The highest BCUT2D eigenvalue weighted by molar-refractivity contribution is 6.00. The molecule has 2 aromatic carbocycles. The lowest BCUT2D eigenvalue weighted by Crippen LogP contribution is -2.47. The number of hydrogen-bond donors (Lipinski definition) is 0. The number of amides is 2. The third-order valence-corrected chi connectivity index (χ3v) is 7.44. The van der Waals surface area contributed by atoms with Gasteiger partial charge in [0.15, 0.2) is 0 Å². The highest BCUT2D eigenvalue weighted by Crippen LogP contribution is 2.43. The zero-order chi connectivity index (χ0) is 26.3. The number of aryl methyl sites for hydroxylation is 1. The van der Waals surface area contributed by atoms with Crippen molar-refractivity contribution in [3.63, 3.8) is 0 Å². The van der Waals surface area contributed by atoms with Crippen molar-refractivity contribution in [1.29, 1.82) is 0 Å². The van der Waals surface area contributed by atoms with E-state index in [1.165, 1.54) is 0 Å². The smallest absolute Gasteiger partial charge is 0.247 e. The van der Waals surface area contributed by atoms with Gasteiger partial charge in [0.2, 0.25) is 11.8 Å². The predicted octanol–water partition coefficient (Wildman–Crippen LogP) is 6.68. The first-order chi connectivity index (χ1) is 17.6. The second kappa shape index (κ2) is 9.85. The van der Waals surface area contributed by atoms with Crippen molar-refractivity contribution in [2.75, 3.05) is 11.4 Å². The number of aromatic nitrogens is 1. The molecule has 1 aliphatic carbocycles. The van der Waals surface area contributed by atoms with Crippen molar-refractivity contribution >= 4 is 17.5 Å². The Hall–Kier alpha value is -3.34. The molecule has 5 rings (SSSR count). The lowest BCUT2D eigenvalue weighted by molar-refractivity contribution is -0.136. The monoisotopic (exact) mass is 497 g/mol. The average Bonchev–Trinajstić information content (AvgIpc) is 3.55. The quantitative estimate of drug-likeness (QED) is 0.366. The van der Waals surface area contributed by atoms with E-state index in [-0.39, 0.29) is 41.8 Å². The van der Waals surface area contributed by atoms with Crippen LogP contribution in [0.2, 0.25) is 0 Å². The van der Waals surface area contributed by atoms with Gasteiger partial charge >= 0.3 is 0 Å². The third kappa shape index (κ3) is 5.36. The number of fused-ring (bicyclic) bond motifs is 3. The summed E-state index contributed by atoms with van der Waals surface area (Å²) in [7, 11) is 0. The number of nitrogens with zero attached hydrogens (tertiary/aromatic N) is 3. The molecule has 1 aromatic heterocycles. The molecule has 0 spiro atoms. The van der Waals surface area contributed by atoms with Crippen LogP contribution >= 0.6 is 0 Å². The van der Waals surface area contributed by atoms with Crippen molar-refractivity contribution < 1.29 is 9.59 Å². The number of rotatable bonds is 7. The number of carbonyl (C=O) groups is 2. The number of anilines is 1. The fraction of sp³-hybridized carbons (Fsp3) is 0.438. The Balaban J connectivity index is 1.48. The van der Waals surface area contributed by atoms with E-state index in [0.717, 1.165) is 47.5 Å². The normalized spacial score (nSPS) is 17.6. The Kier molecular flexibility index (Phi) is 6.74. The van der Waals surface area contributed by atoms with Crippen LogP contribution in [0.5, 0.6) is 0 Å². The van der Waals surface area contributed by atoms with Gasteiger partial charge in [-0.2, -0.15) is 0 Å². The van der Waals surface area contributed by atoms with Crippen molar-refractivity contribution in [3.05, 3.63) is 83.7 Å². The maximum absolute atomic E-state index is 14.2. The number of para-hydroxylation sites is 2. The third-order valence-electron chi connectivity index (χ3n) is 7.44. The molecule has 2 amide bonds. The highest BCUT2D eigenvalue weighted by Gasteiger charge is 2.40. The molecule has 1 aliphatic heterocycles. The van der Waals surface area contributed by atoms with Gasteiger partial charge < -0.3 is 9.47 Å². The second-order valence-corrected chi connectivity index (χ2v) is 12.2. The molecular weight excluding hydrogens is 458 g/mol. The second-order valence-electron chi connectivity index (χ2n) is 12.2. The van der Waals surface area contributed by atoms with Gasteiger partial charge in [0.05, 0.1) is 17.1 Å². The van der Waals surface area contributed by atoms with Crippen LogP contribution in [-0.4, -0.2) is 33.9 Å². The van der Waals surface area contributed by atoms with Gasteiger partial charge in [-0.1, -0.05) is 69.7 Å². The minimum atomic E-state index is -0.256. The molecule has 0 N–H and O–H groups in total. The summed E-state index contributed by atoms with van der Waals surface area (Å²) in [6.07, 6.45) is 5.50. The molecule has 1 fully saturated rings. The molecule has 5 nitrogen and oxygen atoms in total. The Morgan fingerprint density at radius 2 is 1.73 bits per heavy atom. The van der Waals surface area contributed by atoms with Crippen LogP contribution in [0.15, 0.2) is 66.9 Å². The van der Waals surface area contributed by atoms with Crippen LogP contribution in [0.3, 0.4) is 0 Å². The minimum Gasteiger partial charge on any atom is -0.330 e. The van der Waals surface area contributed by atoms with E-state index in [9.17, 15) is 9.59 Å². The number of hydrogen-bond acceptors (Lipinski definition) is 2. The maximum Gasteiger partial charge on any atom is 0.247 e. The van der Waals surface area contributed by atoms with Gasteiger partial charge in [0, 0.05) is 18.7 Å². The molecule has 194 valence electrons. The molecule has 0 saturated heterocycles. The molecule has 0 radical (unpaired) electrons. The zero-order valence-corrected chi connectivity index (χ0v) is 22.8. The van der Waals surface area contributed by atoms with Crippen LogP contribution in [-0.2, 0) is 9.59 Å². The fourth-order valence-electron chi connectivity index (χ4n) is 5.98. The zero-order valence-electron chi connectivity index (χ0n) is 22.8. The van der Waals surface area contributed by atoms with Gasteiger partial charge in [-0.05, 0) is 67.3 Å². The van der Waals surface area contributed by atoms with Gasteiger partial charge in [-0.25, -0.2) is 0 Å². The van der Waals surface area contributed by atoms with Crippen molar-refractivity contribution in [2.24, 2.45) is 11.3 Å². The number of carbonyl (C=O) groups excluding carboxylic acids is 2. The summed E-state index contributed by atoms with van der Waals surface area (Å²) in [5, 5.41) is 0. The van der Waals surface area contributed by atoms with Gasteiger partial charge in [0.1, 0.15) is 12.6 Å². The summed E-state index contributed by atoms with van der Waals surface area (Å²) in [6, 6.07) is 20.5. The summed E-state index contributed by atoms with van der Waals surface area (Å²) >= 11 is 0. The molecule has 37 heavy (non-hydrogen) atoms. The van der Waals surface area contributed by atoms with E-state index in [1.807, 2.05) is 34.1 Å². The standard InChI is InChI=1S/C32H39N3O2/c1-22-10-8-11-24(18-22)31-28-14-9-17-33(28)26-12-6-7-13-27(26)35(31)30(37)21-34(25-15-16-25)29(36)19-23(2)20-32(3,4)5/h6-14,17-18,23,25,31H,15-16,19-21H2,1-5H3. The molecule has 3 aromatic rings. The van der Waals surface area contributed by atoms with E-state index >= 15 is 0 Å². The lowest BCUT2D eigenvalue weighted by Gasteiger charge is -2.39. The maximum atomic E-state index is 14.2. The summed E-state index contributed by atoms with van der Waals surface area (Å²) in [4.78, 5) is 31.5. The fourth-order valence-corrected chi connectivity index (χ4v) is 5.98. The van der Waals surface area contributed by atoms with Crippen molar-refractivity contribution in [3.8, 4) is 5.69 Å².